The van der Waals surface area contributed by atoms with Crippen molar-refractivity contribution in [2.24, 2.45) is 0 Å². The first-order valence-corrected chi connectivity index (χ1v) is 6.72. The lowest BCUT2D eigenvalue weighted by Gasteiger charge is -2.05. The maximum atomic E-state index is 12.3. The number of hydrogen-bond acceptors (Lipinski definition) is 3. The largest absolute Gasteiger partial charge is 0.396 e. The van der Waals surface area contributed by atoms with Gasteiger partial charge in [-0.2, -0.15) is 5.10 Å². The number of anilines is 1. The first-order valence-electron chi connectivity index (χ1n) is 6.72. The molecule has 3 rings (SSSR count). The van der Waals surface area contributed by atoms with E-state index in [1.54, 1.807) is 0 Å². The molecule has 0 fully saturated rings. The highest BCUT2D eigenvalue weighted by molar-refractivity contribution is 6.11. The second-order valence-electron chi connectivity index (χ2n) is 4.74. The quantitative estimate of drug-likeness (QED) is 0.687. The lowest BCUT2D eigenvalue weighted by Crippen LogP contribution is -2.12. The zero-order valence-corrected chi connectivity index (χ0v) is 11.3. The summed E-state index contributed by atoms with van der Waals surface area (Å²) < 4.78 is 0. The third-order valence-corrected chi connectivity index (χ3v) is 3.30. The summed E-state index contributed by atoms with van der Waals surface area (Å²) in [6.45, 7) is 0.116. The van der Waals surface area contributed by atoms with Gasteiger partial charge in [-0.3, -0.25) is 9.89 Å². The number of amides is 1. The molecule has 0 aliphatic rings. The van der Waals surface area contributed by atoms with Gasteiger partial charge in [-0.25, -0.2) is 0 Å². The number of aromatic amines is 1. The zero-order chi connectivity index (χ0) is 14.7. The maximum absolute atomic E-state index is 12.3. The fourth-order valence-corrected chi connectivity index (χ4v) is 2.21. The molecule has 0 bridgehead atoms. The first-order chi connectivity index (χ1) is 10.3. The number of para-hydroxylation sites is 1. The third-order valence-electron chi connectivity index (χ3n) is 3.30. The number of nitrogens with one attached hydrogen (secondary N) is 2. The number of fused-ring (bicyclic) bond motifs is 1. The molecule has 0 aliphatic carbocycles. The summed E-state index contributed by atoms with van der Waals surface area (Å²) in [6.07, 6.45) is 0.609. The number of aromatic nitrogens is 2. The molecule has 1 heterocycles. The van der Waals surface area contributed by atoms with Gasteiger partial charge < -0.3 is 10.4 Å². The molecule has 3 N–H and O–H groups in total. The van der Waals surface area contributed by atoms with Gasteiger partial charge in [0.05, 0.1) is 5.52 Å². The van der Waals surface area contributed by atoms with Crippen molar-refractivity contribution in [2.45, 2.75) is 6.42 Å². The Morgan fingerprint density at radius 3 is 2.67 bits per heavy atom. The second-order valence-corrected chi connectivity index (χ2v) is 4.74. The van der Waals surface area contributed by atoms with Crippen LogP contribution in [0.5, 0.6) is 0 Å². The monoisotopic (exact) mass is 281 g/mol. The fourth-order valence-electron chi connectivity index (χ4n) is 2.21. The number of aliphatic hydroxyl groups excluding tert-OH is 1. The minimum absolute atomic E-state index is 0.116. The van der Waals surface area contributed by atoms with Gasteiger partial charge in [-0.1, -0.05) is 30.3 Å². The van der Waals surface area contributed by atoms with Crippen LogP contribution >= 0.6 is 0 Å². The van der Waals surface area contributed by atoms with Crippen LogP contribution in [0.3, 0.4) is 0 Å². The summed E-state index contributed by atoms with van der Waals surface area (Å²) in [4.78, 5) is 12.3. The van der Waals surface area contributed by atoms with Crippen molar-refractivity contribution in [1.82, 2.24) is 10.2 Å². The standard InChI is InChI=1S/C16H15N3O2/c20-10-9-11-5-7-12(8-6-11)17-16(21)15-13-3-1-2-4-14(13)18-19-15/h1-8,20H,9-10H2,(H,17,21)(H,18,19). The van der Waals surface area contributed by atoms with Crippen molar-refractivity contribution in [2.75, 3.05) is 11.9 Å². The second kappa shape index (κ2) is 5.76. The highest BCUT2D eigenvalue weighted by Crippen LogP contribution is 2.17. The molecule has 0 saturated heterocycles. The van der Waals surface area contributed by atoms with Gasteiger partial charge in [0.25, 0.3) is 5.91 Å². The third kappa shape index (κ3) is 2.78. The van der Waals surface area contributed by atoms with Gasteiger partial charge in [-0.15, -0.1) is 0 Å². The van der Waals surface area contributed by atoms with E-state index >= 15 is 0 Å². The fraction of sp³-hybridized carbons (Fsp3) is 0.125. The Morgan fingerprint density at radius 1 is 1.14 bits per heavy atom. The molecule has 0 atom stereocenters. The normalized spacial score (nSPS) is 10.7. The van der Waals surface area contributed by atoms with E-state index in [1.165, 1.54) is 0 Å². The van der Waals surface area contributed by atoms with Crippen LogP contribution in [0.25, 0.3) is 10.9 Å². The molecule has 0 saturated carbocycles. The van der Waals surface area contributed by atoms with Crippen LogP contribution < -0.4 is 5.32 Å². The molecule has 106 valence electrons. The van der Waals surface area contributed by atoms with Crippen LogP contribution in [0.1, 0.15) is 16.1 Å². The number of benzene rings is 2. The van der Waals surface area contributed by atoms with E-state index < -0.39 is 0 Å². The van der Waals surface area contributed by atoms with Gasteiger partial charge in [-0.05, 0) is 30.2 Å². The molecule has 0 spiro atoms. The smallest absolute Gasteiger partial charge is 0.276 e. The van der Waals surface area contributed by atoms with Crippen LogP contribution in [-0.2, 0) is 6.42 Å². The number of carbonyl (C=O) groups excluding carboxylic acids is 1. The summed E-state index contributed by atoms with van der Waals surface area (Å²) in [5, 5.41) is 19.4. The SMILES string of the molecule is O=C(Nc1ccc(CCO)cc1)c1n[nH]c2ccccc12. The van der Waals surface area contributed by atoms with E-state index in [0.717, 1.165) is 16.5 Å². The number of rotatable bonds is 4. The summed E-state index contributed by atoms with van der Waals surface area (Å²) >= 11 is 0. The Bertz CT molecular complexity index is 763. The molecule has 2 aromatic carbocycles. The lowest BCUT2D eigenvalue weighted by atomic mass is 10.1. The van der Waals surface area contributed by atoms with E-state index in [9.17, 15) is 4.79 Å². The van der Waals surface area contributed by atoms with Crippen molar-refractivity contribution >= 4 is 22.5 Å². The van der Waals surface area contributed by atoms with E-state index in [4.69, 9.17) is 5.11 Å². The van der Waals surface area contributed by atoms with Crippen LogP contribution in [0.4, 0.5) is 5.69 Å². The molecular formula is C16H15N3O2. The Kier molecular flexibility index (Phi) is 3.66. The van der Waals surface area contributed by atoms with Crippen molar-refractivity contribution in [3.63, 3.8) is 0 Å². The topological polar surface area (TPSA) is 78.0 Å². The zero-order valence-electron chi connectivity index (χ0n) is 11.3. The molecule has 0 unspecified atom stereocenters. The molecule has 0 radical (unpaired) electrons. The maximum Gasteiger partial charge on any atom is 0.276 e. The van der Waals surface area contributed by atoms with Gasteiger partial charge >= 0.3 is 0 Å². The predicted octanol–water partition coefficient (Wildman–Crippen LogP) is 2.35. The van der Waals surface area contributed by atoms with Crippen molar-refractivity contribution < 1.29 is 9.90 Å². The average Bonchev–Trinajstić information content (AvgIpc) is 2.93. The average molecular weight is 281 g/mol. The molecule has 5 heteroatoms. The molecular weight excluding hydrogens is 266 g/mol. The van der Waals surface area contributed by atoms with Gasteiger partial charge in [0.2, 0.25) is 0 Å². The summed E-state index contributed by atoms with van der Waals surface area (Å²) in [6, 6.07) is 14.9. The minimum Gasteiger partial charge on any atom is -0.396 e. The Labute approximate surface area is 121 Å². The number of H-pyrrole nitrogens is 1. The summed E-state index contributed by atoms with van der Waals surface area (Å²) in [7, 11) is 0. The van der Waals surface area contributed by atoms with E-state index in [2.05, 4.69) is 15.5 Å². The molecule has 1 amide bonds. The van der Waals surface area contributed by atoms with Crippen LogP contribution in [0.15, 0.2) is 48.5 Å². The van der Waals surface area contributed by atoms with E-state index in [-0.39, 0.29) is 12.5 Å². The molecule has 3 aromatic rings. The van der Waals surface area contributed by atoms with Gasteiger partial charge in [0, 0.05) is 17.7 Å². The van der Waals surface area contributed by atoms with E-state index in [1.807, 2.05) is 48.5 Å². The molecule has 1 aromatic heterocycles. The van der Waals surface area contributed by atoms with Crippen molar-refractivity contribution in [3.05, 3.63) is 59.8 Å². The Balaban J connectivity index is 1.79. The molecule has 5 nitrogen and oxygen atoms in total. The predicted molar refractivity (Wildman–Crippen MR) is 81.3 cm³/mol. The summed E-state index contributed by atoms with van der Waals surface area (Å²) in [5.41, 5.74) is 2.94. The highest BCUT2D eigenvalue weighted by Gasteiger charge is 2.13. The number of nitrogens with zero attached hydrogens (tertiary/aromatic N) is 1. The van der Waals surface area contributed by atoms with Crippen LogP contribution in [-0.4, -0.2) is 27.8 Å². The molecule has 0 aliphatic heterocycles. The summed E-state index contributed by atoms with van der Waals surface area (Å²) in [5.74, 6) is -0.248. The van der Waals surface area contributed by atoms with E-state index in [0.29, 0.717) is 17.8 Å². The Morgan fingerprint density at radius 2 is 1.90 bits per heavy atom. The number of aliphatic hydroxyl groups is 1. The van der Waals surface area contributed by atoms with Crippen molar-refractivity contribution in [3.8, 4) is 0 Å². The minimum atomic E-state index is -0.248. The van der Waals surface area contributed by atoms with Crippen LogP contribution in [0, 0.1) is 0 Å². The first kappa shape index (κ1) is 13.3. The van der Waals surface area contributed by atoms with Gasteiger partial charge in [0.15, 0.2) is 5.69 Å². The van der Waals surface area contributed by atoms with Crippen molar-refractivity contribution in [1.29, 1.82) is 0 Å². The Hall–Kier alpha value is -2.66. The lowest BCUT2D eigenvalue weighted by molar-refractivity contribution is 0.102. The number of carbonyl (C=O) groups is 1. The number of hydrogen-bond donors (Lipinski definition) is 3. The van der Waals surface area contributed by atoms with Gasteiger partial charge in [0.1, 0.15) is 0 Å². The highest BCUT2D eigenvalue weighted by atomic mass is 16.2. The van der Waals surface area contributed by atoms with Crippen LogP contribution in [0.2, 0.25) is 0 Å². The molecule has 21 heavy (non-hydrogen) atoms.